The van der Waals surface area contributed by atoms with Crippen molar-refractivity contribution in [2.45, 2.75) is 13.5 Å². The molecule has 3 aromatic carbocycles. The van der Waals surface area contributed by atoms with Gasteiger partial charge in [-0.2, -0.15) is 0 Å². The third kappa shape index (κ3) is 2.26. The first-order valence-corrected chi connectivity index (χ1v) is 8.16. The Labute approximate surface area is 138 Å². The first-order valence-electron chi connectivity index (χ1n) is 7.37. The predicted molar refractivity (Wildman–Crippen MR) is 94.5 cm³/mol. The average Bonchev–Trinajstić information content (AvgIpc) is 2.54. The maximum absolute atomic E-state index is 6.00. The third-order valence-corrected chi connectivity index (χ3v) is 4.72. The van der Waals surface area contributed by atoms with Crippen molar-refractivity contribution in [3.05, 3.63) is 70.2 Å². The third-order valence-electron chi connectivity index (χ3n) is 4.23. The van der Waals surface area contributed by atoms with Crippen LogP contribution in [0.25, 0.3) is 10.8 Å². The van der Waals surface area contributed by atoms with Gasteiger partial charge in [-0.1, -0.05) is 46.3 Å². The van der Waals surface area contributed by atoms with Crippen molar-refractivity contribution in [2.24, 2.45) is 0 Å². The Bertz CT molecular complexity index is 859. The van der Waals surface area contributed by atoms with Crippen molar-refractivity contribution >= 4 is 32.4 Å². The van der Waals surface area contributed by atoms with Gasteiger partial charge in [-0.3, -0.25) is 0 Å². The van der Waals surface area contributed by atoms with E-state index in [4.69, 9.17) is 4.74 Å². The Morgan fingerprint density at radius 1 is 1.05 bits per heavy atom. The van der Waals surface area contributed by atoms with Gasteiger partial charge in [0.05, 0.1) is 6.54 Å². The lowest BCUT2D eigenvalue weighted by molar-refractivity contribution is 0.290. The summed E-state index contributed by atoms with van der Waals surface area (Å²) >= 11 is 3.54. The Morgan fingerprint density at radius 3 is 2.77 bits per heavy atom. The lowest BCUT2D eigenvalue weighted by atomic mass is 10.0. The molecule has 0 saturated heterocycles. The molecule has 0 saturated carbocycles. The number of fused-ring (bicyclic) bond motifs is 3. The quantitative estimate of drug-likeness (QED) is 0.591. The number of rotatable bonds is 1. The van der Waals surface area contributed by atoms with Crippen molar-refractivity contribution < 1.29 is 4.74 Å². The van der Waals surface area contributed by atoms with Crippen molar-refractivity contribution in [3.63, 3.8) is 0 Å². The van der Waals surface area contributed by atoms with E-state index in [1.807, 2.05) is 0 Å². The molecule has 0 aliphatic carbocycles. The lowest BCUT2D eigenvalue weighted by Gasteiger charge is -2.32. The second-order valence-corrected chi connectivity index (χ2v) is 6.58. The average molecular weight is 354 g/mol. The van der Waals surface area contributed by atoms with Gasteiger partial charge in [0.1, 0.15) is 5.75 Å². The molecule has 3 heteroatoms. The molecular formula is C19H16BrNO. The van der Waals surface area contributed by atoms with Crippen LogP contribution in [-0.2, 0) is 6.54 Å². The van der Waals surface area contributed by atoms with Gasteiger partial charge in [0.2, 0.25) is 0 Å². The fourth-order valence-corrected chi connectivity index (χ4v) is 3.48. The SMILES string of the molecule is Cc1ccccc1N1COc2ccc3cc(Br)ccc3c2C1. The van der Waals surface area contributed by atoms with Gasteiger partial charge in [0, 0.05) is 15.7 Å². The van der Waals surface area contributed by atoms with Crippen LogP contribution in [0.15, 0.2) is 59.1 Å². The highest BCUT2D eigenvalue weighted by molar-refractivity contribution is 9.10. The molecular weight excluding hydrogens is 338 g/mol. The van der Waals surface area contributed by atoms with Crippen LogP contribution in [0.5, 0.6) is 5.75 Å². The van der Waals surface area contributed by atoms with Crippen LogP contribution in [0.1, 0.15) is 11.1 Å². The Balaban J connectivity index is 1.81. The lowest BCUT2D eigenvalue weighted by Crippen LogP contribution is -2.32. The Kier molecular flexibility index (Phi) is 3.30. The van der Waals surface area contributed by atoms with Gasteiger partial charge in [-0.25, -0.2) is 0 Å². The molecule has 0 radical (unpaired) electrons. The number of ether oxygens (including phenoxy) is 1. The zero-order valence-electron chi connectivity index (χ0n) is 12.3. The van der Waals surface area contributed by atoms with Crippen molar-refractivity contribution in [1.82, 2.24) is 0 Å². The second-order valence-electron chi connectivity index (χ2n) is 5.67. The summed E-state index contributed by atoms with van der Waals surface area (Å²) in [5.74, 6) is 1.000. The van der Waals surface area contributed by atoms with E-state index < -0.39 is 0 Å². The smallest absolute Gasteiger partial charge is 0.161 e. The van der Waals surface area contributed by atoms with Crippen LogP contribution < -0.4 is 9.64 Å². The van der Waals surface area contributed by atoms with E-state index in [1.54, 1.807) is 0 Å². The van der Waals surface area contributed by atoms with Crippen molar-refractivity contribution in [3.8, 4) is 5.75 Å². The monoisotopic (exact) mass is 353 g/mol. The van der Waals surface area contributed by atoms with Crippen LogP contribution >= 0.6 is 15.9 Å². The molecule has 0 bridgehead atoms. The summed E-state index contributed by atoms with van der Waals surface area (Å²) in [6, 6.07) is 19.1. The number of aryl methyl sites for hydroxylation is 1. The van der Waals surface area contributed by atoms with Crippen molar-refractivity contribution in [2.75, 3.05) is 11.6 Å². The van der Waals surface area contributed by atoms with Gasteiger partial charge in [0.25, 0.3) is 0 Å². The Hall–Kier alpha value is -2.00. The van der Waals surface area contributed by atoms with E-state index in [0.717, 1.165) is 16.8 Å². The molecule has 110 valence electrons. The van der Waals surface area contributed by atoms with Gasteiger partial charge in [0.15, 0.2) is 6.73 Å². The molecule has 0 N–H and O–H groups in total. The fraction of sp³-hybridized carbons (Fsp3) is 0.158. The molecule has 1 aliphatic rings. The van der Waals surface area contributed by atoms with Gasteiger partial charge in [-0.15, -0.1) is 0 Å². The van der Waals surface area contributed by atoms with Gasteiger partial charge in [-0.05, 0) is 47.5 Å². The number of para-hydroxylation sites is 1. The molecule has 2 nitrogen and oxygen atoms in total. The fourth-order valence-electron chi connectivity index (χ4n) is 3.10. The van der Waals surface area contributed by atoms with Crippen LogP contribution in [0.3, 0.4) is 0 Å². The zero-order valence-corrected chi connectivity index (χ0v) is 13.9. The summed E-state index contributed by atoms with van der Waals surface area (Å²) in [6.45, 7) is 3.62. The van der Waals surface area contributed by atoms with E-state index in [-0.39, 0.29) is 0 Å². The minimum atomic E-state index is 0.597. The maximum atomic E-state index is 6.00. The first kappa shape index (κ1) is 13.6. The van der Waals surface area contributed by atoms with Crippen LogP contribution in [0, 0.1) is 6.92 Å². The summed E-state index contributed by atoms with van der Waals surface area (Å²) in [5, 5.41) is 2.50. The largest absolute Gasteiger partial charge is 0.473 e. The highest BCUT2D eigenvalue weighted by Crippen LogP contribution is 2.35. The summed E-state index contributed by atoms with van der Waals surface area (Å²) < 4.78 is 7.10. The predicted octanol–water partition coefficient (Wildman–Crippen LogP) is 5.27. The first-order chi connectivity index (χ1) is 10.7. The van der Waals surface area contributed by atoms with Crippen LogP contribution in [-0.4, -0.2) is 6.73 Å². The standard InChI is InChI=1S/C19H16BrNO/c1-13-4-2-3-5-18(13)21-11-17-16-8-7-15(20)10-14(16)6-9-19(17)22-12-21/h2-10H,11-12H2,1H3. The minimum Gasteiger partial charge on any atom is -0.473 e. The number of halogens is 1. The van der Waals surface area contributed by atoms with Crippen LogP contribution in [0.2, 0.25) is 0 Å². The summed E-state index contributed by atoms with van der Waals surface area (Å²) in [4.78, 5) is 2.29. The molecule has 0 aromatic heterocycles. The highest BCUT2D eigenvalue weighted by atomic mass is 79.9. The van der Waals surface area contributed by atoms with Crippen LogP contribution in [0.4, 0.5) is 5.69 Å². The van der Waals surface area contributed by atoms with E-state index in [2.05, 4.69) is 82.4 Å². The van der Waals surface area contributed by atoms with Gasteiger partial charge < -0.3 is 9.64 Å². The molecule has 1 heterocycles. The highest BCUT2D eigenvalue weighted by Gasteiger charge is 2.20. The van der Waals surface area contributed by atoms with E-state index in [0.29, 0.717) is 6.73 Å². The number of benzene rings is 3. The molecule has 0 atom stereocenters. The van der Waals surface area contributed by atoms with E-state index in [1.165, 1.54) is 27.6 Å². The number of hydrogen-bond donors (Lipinski definition) is 0. The van der Waals surface area contributed by atoms with E-state index in [9.17, 15) is 0 Å². The molecule has 22 heavy (non-hydrogen) atoms. The minimum absolute atomic E-state index is 0.597. The number of anilines is 1. The summed E-state index contributed by atoms with van der Waals surface area (Å²) in [5.41, 5.74) is 3.78. The second kappa shape index (κ2) is 5.33. The molecule has 0 unspecified atom stereocenters. The molecule has 0 fully saturated rings. The van der Waals surface area contributed by atoms with Crippen molar-refractivity contribution in [1.29, 1.82) is 0 Å². The van der Waals surface area contributed by atoms with Gasteiger partial charge >= 0.3 is 0 Å². The normalized spacial score (nSPS) is 13.8. The molecule has 3 aromatic rings. The molecule has 1 aliphatic heterocycles. The maximum Gasteiger partial charge on any atom is 0.161 e. The molecule has 4 rings (SSSR count). The zero-order chi connectivity index (χ0) is 15.1. The number of hydrogen-bond acceptors (Lipinski definition) is 2. The topological polar surface area (TPSA) is 12.5 Å². The summed E-state index contributed by atoms with van der Waals surface area (Å²) in [7, 11) is 0. The molecule has 0 spiro atoms. The Morgan fingerprint density at radius 2 is 1.91 bits per heavy atom. The van der Waals surface area contributed by atoms with E-state index >= 15 is 0 Å². The molecule has 0 amide bonds. The summed E-state index contributed by atoms with van der Waals surface area (Å²) in [6.07, 6.45) is 0. The number of nitrogens with zero attached hydrogens (tertiary/aromatic N) is 1.